The molecule has 2 aromatic heterocycles. The minimum absolute atomic E-state index is 0.103. The number of aromatic nitrogens is 3. The third-order valence-electron chi connectivity index (χ3n) is 5.66. The molecule has 7 heteroatoms. The van der Waals surface area contributed by atoms with Crippen molar-refractivity contribution in [2.24, 2.45) is 18.5 Å². The molecule has 168 valence electrons. The number of rotatable bonds is 8. The minimum Gasteiger partial charge on any atom is -0.355 e. The molecule has 0 fully saturated rings. The largest absolute Gasteiger partial charge is 0.355 e. The molecule has 0 saturated heterocycles. The monoisotopic (exact) mass is 440 g/mol. The van der Waals surface area contributed by atoms with E-state index in [0.29, 0.717) is 36.7 Å². The van der Waals surface area contributed by atoms with Crippen molar-refractivity contribution in [1.29, 1.82) is 0 Å². The summed E-state index contributed by atoms with van der Waals surface area (Å²) < 4.78 is 1.54. The molecular formula is C26H28N6O. The summed E-state index contributed by atoms with van der Waals surface area (Å²) in [5, 5.41) is 3.30. The summed E-state index contributed by atoms with van der Waals surface area (Å²) in [5.41, 5.74) is 16.8. The molecule has 7 nitrogen and oxygen atoms in total. The first kappa shape index (κ1) is 22.4. The first-order chi connectivity index (χ1) is 16.1. The van der Waals surface area contributed by atoms with Crippen molar-refractivity contribution in [3.8, 4) is 22.4 Å². The zero-order chi connectivity index (χ0) is 23.2. The molecule has 0 bridgehead atoms. The van der Waals surface area contributed by atoms with E-state index in [1.165, 1.54) is 0 Å². The van der Waals surface area contributed by atoms with Gasteiger partial charge in [0.2, 0.25) is 5.95 Å². The fraction of sp³-hybridized carbons (Fsp3) is 0.192. The highest BCUT2D eigenvalue weighted by Gasteiger charge is 2.18. The van der Waals surface area contributed by atoms with Crippen LogP contribution in [0.25, 0.3) is 22.4 Å². The van der Waals surface area contributed by atoms with E-state index in [9.17, 15) is 4.79 Å². The zero-order valence-corrected chi connectivity index (χ0v) is 18.6. The summed E-state index contributed by atoms with van der Waals surface area (Å²) in [7, 11) is 1.72. The molecule has 4 rings (SSSR count). The number of hydrogen-bond acceptors (Lipinski definition) is 6. The Kier molecular flexibility index (Phi) is 6.92. The standard InChI is InChI=1S/C26H28N6O/c1-32-25(33)23(21-9-5-6-18(16-21)17-27)24(20-10-13-29-14-11-20)31-26(32)30-15-12-22(28)19-7-3-2-4-8-19/h2-11,13-14,16,22H,12,15,17,27-28H2,1H3,(H,30,31). The molecule has 1 atom stereocenters. The second kappa shape index (κ2) is 10.2. The number of anilines is 1. The summed E-state index contributed by atoms with van der Waals surface area (Å²) in [6.07, 6.45) is 4.09. The van der Waals surface area contributed by atoms with Crippen LogP contribution in [0, 0.1) is 0 Å². The summed E-state index contributed by atoms with van der Waals surface area (Å²) in [5.74, 6) is 0.491. The zero-order valence-electron chi connectivity index (χ0n) is 18.6. The van der Waals surface area contributed by atoms with Gasteiger partial charge in [-0.05, 0) is 41.3 Å². The fourth-order valence-electron chi connectivity index (χ4n) is 3.80. The van der Waals surface area contributed by atoms with Gasteiger partial charge in [-0.1, -0.05) is 48.5 Å². The maximum atomic E-state index is 13.5. The molecule has 0 radical (unpaired) electrons. The van der Waals surface area contributed by atoms with E-state index in [4.69, 9.17) is 16.5 Å². The van der Waals surface area contributed by atoms with Crippen LogP contribution in [0.15, 0.2) is 83.9 Å². The summed E-state index contributed by atoms with van der Waals surface area (Å²) in [6, 6.07) is 21.3. The highest BCUT2D eigenvalue weighted by molar-refractivity contribution is 5.81. The number of nitrogens with two attached hydrogens (primary N) is 2. The van der Waals surface area contributed by atoms with E-state index in [1.54, 1.807) is 24.0 Å². The van der Waals surface area contributed by atoms with Crippen LogP contribution >= 0.6 is 0 Å². The van der Waals surface area contributed by atoms with E-state index >= 15 is 0 Å². The van der Waals surface area contributed by atoms with E-state index < -0.39 is 0 Å². The lowest BCUT2D eigenvalue weighted by Gasteiger charge is -2.17. The van der Waals surface area contributed by atoms with Crippen molar-refractivity contribution in [3.63, 3.8) is 0 Å². The van der Waals surface area contributed by atoms with Gasteiger partial charge in [-0.2, -0.15) is 0 Å². The van der Waals surface area contributed by atoms with Crippen molar-refractivity contribution in [1.82, 2.24) is 14.5 Å². The maximum Gasteiger partial charge on any atom is 0.263 e. The molecule has 0 spiro atoms. The third kappa shape index (κ3) is 5.00. The van der Waals surface area contributed by atoms with E-state index in [1.807, 2.05) is 66.7 Å². The topological polar surface area (TPSA) is 112 Å². The number of nitrogens with zero attached hydrogens (tertiary/aromatic N) is 3. The Bertz CT molecular complexity index is 1270. The van der Waals surface area contributed by atoms with Crippen molar-refractivity contribution < 1.29 is 0 Å². The molecule has 4 aromatic rings. The number of pyridine rings is 1. The lowest BCUT2D eigenvalue weighted by molar-refractivity contribution is 0.668. The summed E-state index contributed by atoms with van der Waals surface area (Å²) in [4.78, 5) is 22.5. The van der Waals surface area contributed by atoms with Gasteiger partial charge in [-0.15, -0.1) is 0 Å². The Balaban J connectivity index is 1.69. The highest BCUT2D eigenvalue weighted by Crippen LogP contribution is 2.29. The lowest BCUT2D eigenvalue weighted by Crippen LogP contribution is -2.26. The molecule has 33 heavy (non-hydrogen) atoms. The normalized spacial score (nSPS) is 11.8. The summed E-state index contributed by atoms with van der Waals surface area (Å²) in [6.45, 7) is 0.974. The Morgan fingerprint density at radius 1 is 1.00 bits per heavy atom. The summed E-state index contributed by atoms with van der Waals surface area (Å²) >= 11 is 0. The highest BCUT2D eigenvalue weighted by atomic mass is 16.1. The number of benzene rings is 2. The molecule has 0 saturated carbocycles. The van der Waals surface area contributed by atoms with Crippen LogP contribution in [0.3, 0.4) is 0 Å². The van der Waals surface area contributed by atoms with Crippen molar-refractivity contribution >= 4 is 5.95 Å². The predicted molar refractivity (Wildman–Crippen MR) is 133 cm³/mol. The van der Waals surface area contributed by atoms with Gasteiger partial charge >= 0.3 is 0 Å². The van der Waals surface area contributed by atoms with E-state index in [2.05, 4.69) is 10.3 Å². The van der Waals surface area contributed by atoms with Gasteiger partial charge in [-0.25, -0.2) is 4.98 Å². The molecule has 1 unspecified atom stereocenters. The molecular weight excluding hydrogens is 412 g/mol. The Morgan fingerprint density at radius 2 is 1.76 bits per heavy atom. The van der Waals surface area contributed by atoms with Crippen LogP contribution in [0.4, 0.5) is 5.95 Å². The van der Waals surface area contributed by atoms with Crippen molar-refractivity contribution in [2.45, 2.75) is 19.0 Å². The molecule has 5 N–H and O–H groups in total. The molecule has 2 aromatic carbocycles. The van der Waals surface area contributed by atoms with E-state index in [0.717, 1.165) is 22.3 Å². The molecule has 0 aliphatic heterocycles. The van der Waals surface area contributed by atoms with Crippen LogP contribution in [0.2, 0.25) is 0 Å². The smallest absolute Gasteiger partial charge is 0.263 e. The van der Waals surface area contributed by atoms with Gasteiger partial charge in [0.15, 0.2) is 0 Å². The maximum absolute atomic E-state index is 13.5. The predicted octanol–water partition coefficient (Wildman–Crippen LogP) is 3.47. The van der Waals surface area contributed by atoms with Crippen LogP contribution in [0.5, 0.6) is 0 Å². The van der Waals surface area contributed by atoms with Gasteiger partial charge in [0.05, 0.1) is 11.3 Å². The Labute approximate surface area is 193 Å². The number of nitrogens with one attached hydrogen (secondary N) is 1. The van der Waals surface area contributed by atoms with Crippen molar-refractivity contribution in [2.75, 3.05) is 11.9 Å². The first-order valence-corrected chi connectivity index (χ1v) is 10.9. The Morgan fingerprint density at radius 3 is 2.48 bits per heavy atom. The lowest BCUT2D eigenvalue weighted by atomic mass is 9.99. The minimum atomic E-state index is -0.138. The van der Waals surface area contributed by atoms with Crippen molar-refractivity contribution in [3.05, 3.63) is 101 Å². The van der Waals surface area contributed by atoms with Gasteiger partial charge < -0.3 is 16.8 Å². The van der Waals surface area contributed by atoms with Crippen LogP contribution in [0.1, 0.15) is 23.6 Å². The second-order valence-corrected chi connectivity index (χ2v) is 7.90. The molecule has 0 aliphatic rings. The average Bonchev–Trinajstić information content (AvgIpc) is 2.87. The SMILES string of the molecule is Cn1c(NCCC(N)c2ccccc2)nc(-c2ccncc2)c(-c2cccc(CN)c2)c1=O. The quantitative estimate of drug-likeness (QED) is 0.387. The average molecular weight is 441 g/mol. The fourth-order valence-corrected chi connectivity index (χ4v) is 3.80. The van der Waals surface area contributed by atoms with Crippen LogP contribution in [-0.4, -0.2) is 21.1 Å². The molecule has 0 aliphatic carbocycles. The van der Waals surface area contributed by atoms with Gasteiger partial charge in [0.25, 0.3) is 5.56 Å². The molecule has 0 amide bonds. The second-order valence-electron chi connectivity index (χ2n) is 7.90. The third-order valence-corrected chi connectivity index (χ3v) is 5.66. The molecule has 2 heterocycles. The van der Waals surface area contributed by atoms with Crippen LogP contribution in [-0.2, 0) is 13.6 Å². The first-order valence-electron chi connectivity index (χ1n) is 10.9. The Hall–Kier alpha value is -3.81. The van der Waals surface area contributed by atoms with Gasteiger partial charge in [-0.3, -0.25) is 14.3 Å². The van der Waals surface area contributed by atoms with Gasteiger partial charge in [0, 0.05) is 44.1 Å². The van der Waals surface area contributed by atoms with Crippen LogP contribution < -0.4 is 22.3 Å². The van der Waals surface area contributed by atoms with E-state index in [-0.39, 0.29) is 11.6 Å². The number of hydrogen-bond donors (Lipinski definition) is 3. The van der Waals surface area contributed by atoms with Gasteiger partial charge in [0.1, 0.15) is 0 Å².